The standard InChI is InChI=1S/C21H26N6O2S/c28-11-12-5-6-13(9-12)23-18-17(20-25-15-3-1-2-4-16(15)30-20)19(29)27-21(26-18)24-14-7-8-22-10-14/h1-4,12-14,22,28H,5-11H2,(H3,23,24,26,27,29). The topological polar surface area (TPSA) is 115 Å². The van der Waals surface area contributed by atoms with Gasteiger partial charge in [0, 0.05) is 25.2 Å². The van der Waals surface area contributed by atoms with Gasteiger partial charge >= 0.3 is 0 Å². The first-order valence-electron chi connectivity index (χ1n) is 10.5. The fourth-order valence-electron chi connectivity index (χ4n) is 4.36. The van der Waals surface area contributed by atoms with Crippen LogP contribution in [-0.2, 0) is 0 Å². The van der Waals surface area contributed by atoms with E-state index in [1.54, 1.807) is 0 Å². The summed E-state index contributed by atoms with van der Waals surface area (Å²) in [5, 5.41) is 20.3. The molecule has 5 N–H and O–H groups in total. The molecule has 3 atom stereocenters. The molecule has 1 aliphatic carbocycles. The second-order valence-corrected chi connectivity index (χ2v) is 9.19. The Hall–Kier alpha value is -2.49. The number of aliphatic hydroxyl groups excluding tert-OH is 1. The molecule has 158 valence electrons. The van der Waals surface area contributed by atoms with Gasteiger partial charge in [-0.3, -0.25) is 9.78 Å². The highest BCUT2D eigenvalue weighted by atomic mass is 32.1. The minimum atomic E-state index is -0.197. The lowest BCUT2D eigenvalue weighted by Crippen LogP contribution is -2.27. The van der Waals surface area contributed by atoms with E-state index in [0.29, 0.717) is 28.3 Å². The fraction of sp³-hybridized carbons (Fsp3) is 0.476. The van der Waals surface area contributed by atoms with Crippen LogP contribution in [0.4, 0.5) is 11.8 Å². The van der Waals surface area contributed by atoms with Gasteiger partial charge in [-0.05, 0) is 50.3 Å². The highest BCUT2D eigenvalue weighted by Crippen LogP contribution is 2.34. The molecule has 8 nitrogen and oxygen atoms in total. The molecule has 3 heterocycles. The van der Waals surface area contributed by atoms with Crippen molar-refractivity contribution < 1.29 is 5.11 Å². The number of aromatic amines is 1. The van der Waals surface area contributed by atoms with E-state index in [9.17, 15) is 9.90 Å². The smallest absolute Gasteiger partial charge is 0.264 e. The number of fused-ring (bicyclic) bond motifs is 1. The van der Waals surface area contributed by atoms with Crippen molar-refractivity contribution >= 4 is 33.3 Å². The third kappa shape index (κ3) is 3.92. The largest absolute Gasteiger partial charge is 0.396 e. The molecule has 5 rings (SSSR count). The summed E-state index contributed by atoms with van der Waals surface area (Å²) in [4.78, 5) is 25.5. The van der Waals surface area contributed by atoms with Gasteiger partial charge in [0.1, 0.15) is 16.4 Å². The Morgan fingerprint density at radius 1 is 1.13 bits per heavy atom. The molecule has 1 aromatic carbocycles. The Bertz CT molecular complexity index is 1060. The second kappa shape index (κ2) is 8.33. The molecule has 2 aliphatic rings. The van der Waals surface area contributed by atoms with Gasteiger partial charge in [-0.2, -0.15) is 4.98 Å². The zero-order valence-electron chi connectivity index (χ0n) is 16.6. The first kappa shape index (κ1) is 19.5. The number of nitrogens with zero attached hydrogens (tertiary/aromatic N) is 2. The number of benzene rings is 1. The van der Waals surface area contributed by atoms with Gasteiger partial charge in [0.15, 0.2) is 0 Å². The monoisotopic (exact) mass is 426 g/mol. The number of hydrogen-bond donors (Lipinski definition) is 5. The van der Waals surface area contributed by atoms with Crippen LogP contribution in [-0.4, -0.2) is 51.8 Å². The molecule has 2 aromatic heterocycles. The van der Waals surface area contributed by atoms with Gasteiger partial charge in [-0.25, -0.2) is 4.98 Å². The zero-order valence-corrected chi connectivity index (χ0v) is 17.5. The maximum absolute atomic E-state index is 13.1. The summed E-state index contributed by atoms with van der Waals surface area (Å²) >= 11 is 1.50. The average molecular weight is 427 g/mol. The maximum Gasteiger partial charge on any atom is 0.264 e. The summed E-state index contributed by atoms with van der Waals surface area (Å²) in [6.07, 6.45) is 3.80. The van der Waals surface area contributed by atoms with E-state index >= 15 is 0 Å². The maximum atomic E-state index is 13.1. The molecule has 0 amide bonds. The molecule has 9 heteroatoms. The molecule has 0 spiro atoms. The van der Waals surface area contributed by atoms with Crippen molar-refractivity contribution in [2.24, 2.45) is 5.92 Å². The van der Waals surface area contributed by atoms with E-state index in [4.69, 9.17) is 9.97 Å². The lowest BCUT2D eigenvalue weighted by molar-refractivity contribution is 0.229. The number of H-pyrrole nitrogens is 1. The van der Waals surface area contributed by atoms with Crippen LogP contribution in [0.5, 0.6) is 0 Å². The Morgan fingerprint density at radius 3 is 2.80 bits per heavy atom. The summed E-state index contributed by atoms with van der Waals surface area (Å²) in [5.41, 5.74) is 1.17. The van der Waals surface area contributed by atoms with E-state index in [1.807, 2.05) is 24.3 Å². The molecule has 1 saturated carbocycles. The predicted molar refractivity (Wildman–Crippen MR) is 120 cm³/mol. The molecular weight excluding hydrogens is 400 g/mol. The highest BCUT2D eigenvalue weighted by Gasteiger charge is 2.27. The summed E-state index contributed by atoms with van der Waals surface area (Å²) < 4.78 is 1.04. The Morgan fingerprint density at radius 2 is 2.03 bits per heavy atom. The van der Waals surface area contributed by atoms with Crippen molar-refractivity contribution in [3.05, 3.63) is 34.6 Å². The number of anilines is 2. The molecule has 1 saturated heterocycles. The van der Waals surface area contributed by atoms with Gasteiger partial charge in [-0.15, -0.1) is 11.3 Å². The van der Waals surface area contributed by atoms with Crippen molar-refractivity contribution in [2.45, 2.75) is 37.8 Å². The van der Waals surface area contributed by atoms with Crippen LogP contribution in [0.1, 0.15) is 25.7 Å². The second-order valence-electron chi connectivity index (χ2n) is 8.16. The first-order valence-corrected chi connectivity index (χ1v) is 11.4. The highest BCUT2D eigenvalue weighted by molar-refractivity contribution is 7.21. The van der Waals surface area contributed by atoms with Gasteiger partial charge in [-0.1, -0.05) is 12.1 Å². The van der Waals surface area contributed by atoms with Crippen molar-refractivity contribution in [3.63, 3.8) is 0 Å². The van der Waals surface area contributed by atoms with Crippen LogP contribution >= 0.6 is 11.3 Å². The van der Waals surface area contributed by atoms with E-state index in [0.717, 1.165) is 49.0 Å². The molecule has 3 unspecified atom stereocenters. The van der Waals surface area contributed by atoms with Crippen LogP contribution in [0.2, 0.25) is 0 Å². The normalized spacial score (nSPS) is 23.8. The van der Waals surface area contributed by atoms with Crippen LogP contribution in [0.25, 0.3) is 20.8 Å². The summed E-state index contributed by atoms with van der Waals surface area (Å²) in [7, 11) is 0. The number of aliphatic hydroxyl groups is 1. The third-order valence-corrected chi connectivity index (χ3v) is 7.02. The Balaban J connectivity index is 1.52. The van der Waals surface area contributed by atoms with Crippen molar-refractivity contribution in [1.29, 1.82) is 0 Å². The third-order valence-electron chi connectivity index (χ3n) is 5.97. The molecule has 2 fully saturated rings. The zero-order chi connectivity index (χ0) is 20.5. The lowest BCUT2D eigenvalue weighted by Gasteiger charge is -2.18. The summed E-state index contributed by atoms with van der Waals surface area (Å²) in [6.45, 7) is 2.02. The predicted octanol–water partition coefficient (Wildman–Crippen LogP) is 2.39. The van der Waals surface area contributed by atoms with E-state index in [1.165, 1.54) is 11.3 Å². The molecule has 3 aromatic rings. The van der Waals surface area contributed by atoms with Gasteiger partial charge < -0.3 is 21.1 Å². The number of aromatic nitrogens is 3. The van der Waals surface area contributed by atoms with Crippen molar-refractivity contribution in [2.75, 3.05) is 30.3 Å². The SMILES string of the molecule is O=c1[nH]c(NC2CCNC2)nc(NC2CCC(CO)C2)c1-c1nc2ccccc2s1. The van der Waals surface area contributed by atoms with Crippen LogP contribution < -0.4 is 21.5 Å². The van der Waals surface area contributed by atoms with E-state index < -0.39 is 0 Å². The number of rotatable bonds is 6. The number of nitrogens with one attached hydrogen (secondary N) is 4. The van der Waals surface area contributed by atoms with Gasteiger partial charge in [0.05, 0.1) is 10.2 Å². The molecule has 1 aliphatic heterocycles. The Kier molecular flexibility index (Phi) is 5.41. The van der Waals surface area contributed by atoms with Crippen LogP contribution in [0.3, 0.4) is 0 Å². The number of hydrogen-bond acceptors (Lipinski definition) is 8. The van der Waals surface area contributed by atoms with E-state index in [-0.39, 0.29) is 24.2 Å². The summed E-state index contributed by atoms with van der Waals surface area (Å²) in [5.74, 6) is 1.35. The minimum absolute atomic E-state index is 0.186. The van der Waals surface area contributed by atoms with E-state index in [2.05, 4.69) is 20.9 Å². The fourth-order valence-corrected chi connectivity index (χ4v) is 5.37. The van der Waals surface area contributed by atoms with Gasteiger partial charge in [0.2, 0.25) is 5.95 Å². The average Bonchev–Trinajstić information content (AvgIpc) is 3.48. The Labute approximate surface area is 178 Å². The van der Waals surface area contributed by atoms with Crippen molar-refractivity contribution in [3.8, 4) is 10.6 Å². The quantitative estimate of drug-likeness (QED) is 0.411. The van der Waals surface area contributed by atoms with Crippen LogP contribution in [0.15, 0.2) is 29.1 Å². The number of para-hydroxylation sites is 1. The van der Waals surface area contributed by atoms with Gasteiger partial charge in [0.25, 0.3) is 5.56 Å². The molecule has 30 heavy (non-hydrogen) atoms. The lowest BCUT2D eigenvalue weighted by atomic mass is 10.1. The van der Waals surface area contributed by atoms with Crippen molar-refractivity contribution in [1.82, 2.24) is 20.3 Å². The molecule has 0 radical (unpaired) electrons. The molecule has 0 bridgehead atoms. The number of thiazole rings is 1. The molecular formula is C21H26N6O2S. The van der Waals surface area contributed by atoms with Crippen LogP contribution in [0, 0.1) is 5.92 Å². The summed E-state index contributed by atoms with van der Waals surface area (Å²) in [6, 6.07) is 8.32. The first-order chi connectivity index (χ1) is 14.7. The minimum Gasteiger partial charge on any atom is -0.396 e.